The summed E-state index contributed by atoms with van der Waals surface area (Å²) in [5.74, 6) is -1.21. The number of amides is 1. The molecule has 1 rings (SSSR count). The molecule has 1 amide bonds. The zero-order valence-electron chi connectivity index (χ0n) is 10.2. The van der Waals surface area contributed by atoms with E-state index in [2.05, 4.69) is 0 Å². The molecule has 1 saturated heterocycles. The number of nitrogens with zero attached hydrogens (tertiary/aromatic N) is 1. The van der Waals surface area contributed by atoms with E-state index < -0.39 is 24.2 Å². The predicted octanol–water partition coefficient (Wildman–Crippen LogP) is -0.594. The minimum absolute atomic E-state index is 0.0571. The van der Waals surface area contributed by atoms with E-state index in [0.29, 0.717) is 6.42 Å². The van der Waals surface area contributed by atoms with Gasteiger partial charge in [0.05, 0.1) is 12.1 Å². The third kappa shape index (κ3) is 3.41. The molecule has 17 heavy (non-hydrogen) atoms. The molecule has 0 bridgehead atoms. The molecule has 4 N–H and O–H groups in total. The zero-order chi connectivity index (χ0) is 13.2. The van der Waals surface area contributed by atoms with Gasteiger partial charge in [0.25, 0.3) is 0 Å². The summed E-state index contributed by atoms with van der Waals surface area (Å²) < 4.78 is 0. The molecule has 1 aliphatic heterocycles. The standard InChI is InChI=1S/C11H20N2O4/c1-6(2)3-8(12)10(15)13-5-7(14)4-9(13)11(16)17/h6-9,14H,3-5,12H2,1-2H3,(H,16,17)/t7-,8+,9+/m1/s1. The van der Waals surface area contributed by atoms with Crippen molar-refractivity contribution in [3.05, 3.63) is 0 Å². The molecule has 1 heterocycles. The van der Waals surface area contributed by atoms with E-state index in [0.717, 1.165) is 0 Å². The van der Waals surface area contributed by atoms with E-state index in [-0.39, 0.29) is 24.8 Å². The first-order chi connectivity index (χ1) is 7.82. The summed E-state index contributed by atoms with van der Waals surface area (Å²) in [6.45, 7) is 3.95. The van der Waals surface area contributed by atoms with Gasteiger partial charge in [-0.1, -0.05) is 13.8 Å². The quantitative estimate of drug-likeness (QED) is 0.613. The first-order valence-corrected chi connectivity index (χ1v) is 5.79. The van der Waals surface area contributed by atoms with Gasteiger partial charge in [0.15, 0.2) is 0 Å². The fraction of sp³-hybridized carbons (Fsp3) is 0.818. The van der Waals surface area contributed by atoms with Crippen molar-refractivity contribution in [1.29, 1.82) is 0 Å². The van der Waals surface area contributed by atoms with Crippen LogP contribution >= 0.6 is 0 Å². The maximum absolute atomic E-state index is 12.0. The lowest BCUT2D eigenvalue weighted by Gasteiger charge is -2.25. The van der Waals surface area contributed by atoms with Gasteiger partial charge in [0.1, 0.15) is 6.04 Å². The number of carboxylic acid groups (broad SMARTS) is 1. The maximum atomic E-state index is 12.0. The van der Waals surface area contributed by atoms with Gasteiger partial charge in [0, 0.05) is 13.0 Å². The van der Waals surface area contributed by atoms with Crippen molar-refractivity contribution < 1.29 is 19.8 Å². The van der Waals surface area contributed by atoms with E-state index in [1.165, 1.54) is 4.90 Å². The molecule has 1 fully saturated rings. The van der Waals surface area contributed by atoms with Crippen LogP contribution in [0, 0.1) is 5.92 Å². The number of aliphatic carboxylic acids is 1. The number of hydrogen-bond acceptors (Lipinski definition) is 4. The SMILES string of the molecule is CC(C)C[C@H](N)C(=O)N1C[C@H](O)C[C@H]1C(=O)O. The first kappa shape index (κ1) is 13.9. The molecule has 0 aliphatic carbocycles. The number of carbonyl (C=O) groups is 2. The van der Waals surface area contributed by atoms with Crippen LogP contribution in [0.15, 0.2) is 0 Å². The van der Waals surface area contributed by atoms with Gasteiger partial charge in [-0.15, -0.1) is 0 Å². The Bertz CT molecular complexity index is 306. The lowest BCUT2D eigenvalue weighted by molar-refractivity contribution is -0.148. The predicted molar refractivity (Wildman–Crippen MR) is 61.2 cm³/mol. The van der Waals surface area contributed by atoms with Crippen molar-refractivity contribution in [3.8, 4) is 0 Å². The number of rotatable bonds is 4. The summed E-state index contributed by atoms with van der Waals surface area (Å²) in [6.07, 6.45) is -0.181. The molecule has 0 radical (unpaired) electrons. The van der Waals surface area contributed by atoms with Gasteiger partial charge in [-0.05, 0) is 12.3 Å². The van der Waals surface area contributed by atoms with Crippen LogP contribution < -0.4 is 5.73 Å². The van der Waals surface area contributed by atoms with Crippen molar-refractivity contribution >= 4 is 11.9 Å². The fourth-order valence-corrected chi connectivity index (χ4v) is 2.11. The van der Waals surface area contributed by atoms with Gasteiger partial charge in [0.2, 0.25) is 5.91 Å². The van der Waals surface area contributed by atoms with Gasteiger partial charge in [-0.3, -0.25) is 4.79 Å². The van der Waals surface area contributed by atoms with E-state index in [4.69, 9.17) is 10.8 Å². The molecule has 0 saturated carbocycles. The van der Waals surface area contributed by atoms with E-state index in [1.807, 2.05) is 13.8 Å². The number of aliphatic hydroxyl groups excluding tert-OH is 1. The second-order valence-corrected chi connectivity index (χ2v) is 4.97. The molecule has 0 aromatic carbocycles. The Morgan fingerprint density at radius 3 is 2.53 bits per heavy atom. The molecule has 3 atom stereocenters. The number of aliphatic hydroxyl groups is 1. The van der Waals surface area contributed by atoms with Gasteiger partial charge >= 0.3 is 5.97 Å². The first-order valence-electron chi connectivity index (χ1n) is 5.79. The number of carbonyl (C=O) groups excluding carboxylic acids is 1. The highest BCUT2D eigenvalue weighted by molar-refractivity contribution is 5.87. The van der Waals surface area contributed by atoms with Crippen LogP contribution in [-0.2, 0) is 9.59 Å². The average molecular weight is 244 g/mol. The highest BCUT2D eigenvalue weighted by atomic mass is 16.4. The summed E-state index contributed by atoms with van der Waals surface area (Å²) >= 11 is 0. The van der Waals surface area contributed by atoms with Gasteiger partial charge < -0.3 is 20.8 Å². The second-order valence-electron chi connectivity index (χ2n) is 4.97. The molecule has 0 unspecified atom stereocenters. The van der Waals surface area contributed by atoms with Gasteiger partial charge in [-0.2, -0.15) is 0 Å². The van der Waals surface area contributed by atoms with Crippen LogP contribution in [0.5, 0.6) is 0 Å². The topological polar surface area (TPSA) is 104 Å². The summed E-state index contributed by atoms with van der Waals surface area (Å²) in [5, 5.41) is 18.4. The Morgan fingerprint density at radius 1 is 1.47 bits per heavy atom. The number of likely N-dealkylation sites (tertiary alicyclic amines) is 1. The molecule has 0 aromatic heterocycles. The van der Waals surface area contributed by atoms with Gasteiger partial charge in [-0.25, -0.2) is 4.79 Å². The highest BCUT2D eigenvalue weighted by Gasteiger charge is 2.40. The van der Waals surface area contributed by atoms with Crippen molar-refractivity contribution in [2.24, 2.45) is 11.7 Å². The van der Waals surface area contributed by atoms with Crippen LogP contribution in [0.3, 0.4) is 0 Å². The number of β-amino-alcohol motifs (C(OH)–C–C–N with tert-alkyl or cyclic N) is 1. The molecule has 6 heteroatoms. The van der Waals surface area contributed by atoms with Crippen LogP contribution in [0.25, 0.3) is 0 Å². The summed E-state index contributed by atoms with van der Waals surface area (Å²) in [6, 6.07) is -1.64. The number of hydrogen-bond donors (Lipinski definition) is 3. The molecule has 0 spiro atoms. The Labute approximate surface area is 100 Å². The minimum atomic E-state index is -1.09. The Balaban J connectivity index is 2.70. The van der Waals surface area contributed by atoms with Crippen LogP contribution in [0.2, 0.25) is 0 Å². The van der Waals surface area contributed by atoms with Crippen LogP contribution in [0.1, 0.15) is 26.7 Å². The monoisotopic (exact) mass is 244 g/mol. The molecule has 6 nitrogen and oxygen atoms in total. The summed E-state index contributed by atoms with van der Waals surface area (Å²) in [5.41, 5.74) is 5.74. The smallest absolute Gasteiger partial charge is 0.326 e. The fourth-order valence-electron chi connectivity index (χ4n) is 2.11. The van der Waals surface area contributed by atoms with Crippen molar-refractivity contribution in [2.45, 2.75) is 44.9 Å². The van der Waals surface area contributed by atoms with E-state index in [1.54, 1.807) is 0 Å². The molecule has 0 aromatic rings. The van der Waals surface area contributed by atoms with Crippen LogP contribution in [-0.4, -0.2) is 51.7 Å². The molecule has 1 aliphatic rings. The maximum Gasteiger partial charge on any atom is 0.326 e. The Hall–Kier alpha value is -1.14. The van der Waals surface area contributed by atoms with E-state index >= 15 is 0 Å². The third-order valence-corrected chi connectivity index (χ3v) is 2.89. The normalized spacial score (nSPS) is 26.3. The second kappa shape index (κ2) is 5.46. The van der Waals surface area contributed by atoms with Crippen molar-refractivity contribution in [3.63, 3.8) is 0 Å². The molecular weight excluding hydrogens is 224 g/mol. The largest absolute Gasteiger partial charge is 0.480 e. The van der Waals surface area contributed by atoms with E-state index in [9.17, 15) is 14.7 Å². The summed E-state index contributed by atoms with van der Waals surface area (Å²) in [4.78, 5) is 24.1. The minimum Gasteiger partial charge on any atom is -0.480 e. The Morgan fingerprint density at radius 2 is 2.06 bits per heavy atom. The molecular formula is C11H20N2O4. The average Bonchev–Trinajstić information content (AvgIpc) is 2.58. The lowest BCUT2D eigenvalue weighted by atomic mass is 10.0. The zero-order valence-corrected chi connectivity index (χ0v) is 10.2. The van der Waals surface area contributed by atoms with Crippen molar-refractivity contribution in [1.82, 2.24) is 4.90 Å². The van der Waals surface area contributed by atoms with Crippen LogP contribution in [0.4, 0.5) is 0 Å². The lowest BCUT2D eigenvalue weighted by Crippen LogP contribution is -2.49. The number of carboxylic acids is 1. The highest BCUT2D eigenvalue weighted by Crippen LogP contribution is 2.20. The number of nitrogens with two attached hydrogens (primary N) is 1. The Kier molecular flexibility index (Phi) is 4.47. The molecule has 98 valence electrons. The van der Waals surface area contributed by atoms with Crippen molar-refractivity contribution in [2.75, 3.05) is 6.54 Å². The third-order valence-electron chi connectivity index (χ3n) is 2.89. The summed E-state index contributed by atoms with van der Waals surface area (Å²) in [7, 11) is 0.